The van der Waals surface area contributed by atoms with Crippen molar-refractivity contribution in [2.45, 2.75) is 44.9 Å². The van der Waals surface area contributed by atoms with E-state index in [9.17, 15) is 9.90 Å². The highest BCUT2D eigenvalue weighted by atomic mass is 35.5. The van der Waals surface area contributed by atoms with Gasteiger partial charge in [-0.25, -0.2) is 0 Å². The molecule has 0 radical (unpaired) electrons. The zero-order chi connectivity index (χ0) is 19.6. The van der Waals surface area contributed by atoms with E-state index in [4.69, 9.17) is 5.73 Å². The van der Waals surface area contributed by atoms with Crippen LogP contribution in [0.5, 0.6) is 5.75 Å². The summed E-state index contributed by atoms with van der Waals surface area (Å²) in [4.78, 5) is 12.2. The number of amides is 1. The molecule has 0 spiro atoms. The van der Waals surface area contributed by atoms with Crippen molar-refractivity contribution >= 4 is 30.1 Å². The number of phenolic OH excluding ortho intramolecular Hbond substituents is 1. The first-order chi connectivity index (χ1) is 13.0. The van der Waals surface area contributed by atoms with Gasteiger partial charge in [-0.1, -0.05) is 30.3 Å². The molecule has 1 amide bonds. The van der Waals surface area contributed by atoms with Crippen LogP contribution in [0.2, 0.25) is 0 Å². The number of aromatic hydroxyl groups is 1. The fourth-order valence-corrected chi connectivity index (χ4v) is 4.02. The molecule has 2 aromatic carbocycles. The number of nitrogens with one attached hydrogen (secondary N) is 1. The van der Waals surface area contributed by atoms with E-state index < -0.39 is 6.04 Å². The van der Waals surface area contributed by atoms with Gasteiger partial charge in [-0.2, -0.15) is 11.8 Å². The quantitative estimate of drug-likeness (QED) is 0.503. The van der Waals surface area contributed by atoms with E-state index >= 15 is 0 Å². The standard InChI is InChI=1S/C22H30N2O2S.ClH/c1-16-12-19(25)13-17(2)20(16)14-21(23)22(26)24-10-6-7-11-27-15-18-8-4-3-5-9-18;/h3-5,8-9,12-13,21,25H,6-7,10-11,14-15,23H2,1-2H3,(H,24,26);1H. The maximum atomic E-state index is 12.2. The fraction of sp³-hybridized carbons (Fsp3) is 0.409. The Hall–Kier alpha value is -1.69. The highest BCUT2D eigenvalue weighted by Crippen LogP contribution is 2.21. The van der Waals surface area contributed by atoms with Crippen LogP contribution < -0.4 is 11.1 Å². The SMILES string of the molecule is Cc1cc(O)cc(C)c1CC(N)C(=O)NCCCCSCc1ccccc1.Cl. The average Bonchev–Trinajstić information content (AvgIpc) is 2.64. The number of rotatable bonds is 10. The molecule has 0 saturated carbocycles. The third-order valence-corrected chi connectivity index (χ3v) is 5.68. The Kier molecular flexibility index (Phi) is 11.0. The van der Waals surface area contributed by atoms with E-state index in [1.165, 1.54) is 5.56 Å². The second-order valence-corrected chi connectivity index (χ2v) is 8.01. The van der Waals surface area contributed by atoms with Gasteiger partial charge in [-0.05, 0) is 73.2 Å². The summed E-state index contributed by atoms with van der Waals surface area (Å²) in [5.74, 6) is 2.25. The first-order valence-electron chi connectivity index (χ1n) is 9.41. The summed E-state index contributed by atoms with van der Waals surface area (Å²) in [6.07, 6.45) is 2.51. The summed E-state index contributed by atoms with van der Waals surface area (Å²) >= 11 is 1.92. The first kappa shape index (κ1) is 24.3. The number of hydrogen-bond donors (Lipinski definition) is 3. The van der Waals surface area contributed by atoms with Gasteiger partial charge in [0.15, 0.2) is 0 Å². The van der Waals surface area contributed by atoms with E-state index in [1.807, 2.05) is 31.7 Å². The Labute approximate surface area is 178 Å². The molecule has 154 valence electrons. The van der Waals surface area contributed by atoms with Crippen LogP contribution in [-0.2, 0) is 17.0 Å². The van der Waals surface area contributed by atoms with E-state index in [-0.39, 0.29) is 24.1 Å². The van der Waals surface area contributed by atoms with E-state index in [2.05, 4.69) is 29.6 Å². The third-order valence-electron chi connectivity index (χ3n) is 4.57. The minimum atomic E-state index is -0.570. The molecular formula is C22H31ClN2O2S. The molecule has 1 atom stereocenters. The van der Waals surface area contributed by atoms with Gasteiger partial charge in [-0.15, -0.1) is 12.4 Å². The first-order valence-corrected chi connectivity index (χ1v) is 10.6. The number of nitrogens with two attached hydrogens (primary N) is 1. The minimum Gasteiger partial charge on any atom is -0.508 e. The monoisotopic (exact) mass is 422 g/mol. The molecule has 1 unspecified atom stereocenters. The van der Waals surface area contributed by atoms with Crippen molar-refractivity contribution in [1.82, 2.24) is 5.32 Å². The summed E-state index contributed by atoms with van der Waals surface area (Å²) in [5, 5.41) is 12.6. The van der Waals surface area contributed by atoms with Gasteiger partial charge in [0.1, 0.15) is 5.75 Å². The number of thioether (sulfide) groups is 1. The molecule has 2 rings (SSSR count). The molecule has 4 nitrogen and oxygen atoms in total. The lowest BCUT2D eigenvalue weighted by molar-refractivity contribution is -0.122. The number of carbonyl (C=O) groups excluding carboxylic acids is 1. The van der Waals surface area contributed by atoms with Crippen molar-refractivity contribution in [1.29, 1.82) is 0 Å². The lowest BCUT2D eigenvalue weighted by Gasteiger charge is -2.16. The zero-order valence-corrected chi connectivity index (χ0v) is 18.2. The van der Waals surface area contributed by atoms with Gasteiger partial charge in [0.2, 0.25) is 5.91 Å². The van der Waals surface area contributed by atoms with Crippen LogP contribution in [0.25, 0.3) is 0 Å². The van der Waals surface area contributed by atoms with Gasteiger partial charge in [0.05, 0.1) is 6.04 Å². The van der Waals surface area contributed by atoms with Crippen molar-refractivity contribution in [3.63, 3.8) is 0 Å². The fourth-order valence-electron chi connectivity index (χ4n) is 3.04. The molecular weight excluding hydrogens is 392 g/mol. The van der Waals surface area contributed by atoms with Crippen LogP contribution in [0.4, 0.5) is 0 Å². The molecule has 0 aliphatic rings. The maximum Gasteiger partial charge on any atom is 0.237 e. The number of hydrogen-bond acceptors (Lipinski definition) is 4. The van der Waals surface area contributed by atoms with Crippen LogP contribution in [-0.4, -0.2) is 29.4 Å². The van der Waals surface area contributed by atoms with Crippen molar-refractivity contribution in [3.05, 3.63) is 64.7 Å². The van der Waals surface area contributed by atoms with Gasteiger partial charge in [0.25, 0.3) is 0 Å². The van der Waals surface area contributed by atoms with Crippen LogP contribution in [0.1, 0.15) is 35.1 Å². The number of aryl methyl sites for hydroxylation is 2. The number of benzene rings is 2. The Balaban J connectivity index is 0.00000392. The van der Waals surface area contributed by atoms with E-state index in [0.717, 1.165) is 41.0 Å². The molecule has 0 bridgehead atoms. The smallest absolute Gasteiger partial charge is 0.237 e. The summed E-state index contributed by atoms with van der Waals surface area (Å²) < 4.78 is 0. The Morgan fingerprint density at radius 3 is 2.43 bits per heavy atom. The van der Waals surface area contributed by atoms with Crippen molar-refractivity contribution in [2.75, 3.05) is 12.3 Å². The number of carbonyl (C=O) groups is 1. The molecule has 2 aromatic rings. The molecule has 0 aliphatic carbocycles. The molecule has 0 fully saturated rings. The second-order valence-electron chi connectivity index (χ2n) is 6.91. The highest BCUT2D eigenvalue weighted by molar-refractivity contribution is 7.98. The van der Waals surface area contributed by atoms with Gasteiger partial charge in [-0.3, -0.25) is 4.79 Å². The predicted molar refractivity (Wildman–Crippen MR) is 121 cm³/mol. The van der Waals surface area contributed by atoms with Crippen molar-refractivity contribution in [2.24, 2.45) is 5.73 Å². The maximum absolute atomic E-state index is 12.2. The lowest BCUT2D eigenvalue weighted by Crippen LogP contribution is -2.42. The van der Waals surface area contributed by atoms with Crippen LogP contribution in [0.3, 0.4) is 0 Å². The van der Waals surface area contributed by atoms with E-state index in [1.54, 1.807) is 12.1 Å². The Bertz CT molecular complexity index is 718. The molecule has 6 heteroatoms. The molecule has 28 heavy (non-hydrogen) atoms. The zero-order valence-electron chi connectivity index (χ0n) is 16.6. The Morgan fingerprint density at radius 2 is 1.79 bits per heavy atom. The lowest BCUT2D eigenvalue weighted by atomic mass is 9.96. The second kappa shape index (κ2) is 12.7. The molecule has 0 aromatic heterocycles. The largest absolute Gasteiger partial charge is 0.508 e. The van der Waals surface area contributed by atoms with Crippen molar-refractivity contribution in [3.8, 4) is 5.75 Å². The summed E-state index contributed by atoms with van der Waals surface area (Å²) in [7, 11) is 0. The van der Waals surface area contributed by atoms with Crippen LogP contribution in [0, 0.1) is 13.8 Å². The highest BCUT2D eigenvalue weighted by Gasteiger charge is 2.16. The normalized spacial score (nSPS) is 11.5. The summed E-state index contributed by atoms with van der Waals surface area (Å²) in [6.45, 7) is 4.52. The average molecular weight is 423 g/mol. The van der Waals surface area contributed by atoms with Gasteiger partial charge >= 0.3 is 0 Å². The number of phenols is 1. The van der Waals surface area contributed by atoms with E-state index in [0.29, 0.717) is 13.0 Å². The van der Waals surface area contributed by atoms with Crippen LogP contribution in [0.15, 0.2) is 42.5 Å². The number of halogens is 1. The topological polar surface area (TPSA) is 75.3 Å². The van der Waals surface area contributed by atoms with Crippen LogP contribution >= 0.6 is 24.2 Å². The third kappa shape index (κ3) is 8.13. The molecule has 4 N–H and O–H groups in total. The minimum absolute atomic E-state index is 0. The Morgan fingerprint density at radius 1 is 1.14 bits per heavy atom. The van der Waals surface area contributed by atoms with Gasteiger partial charge < -0.3 is 16.2 Å². The summed E-state index contributed by atoms with van der Waals surface area (Å²) in [5.41, 5.74) is 10.4. The van der Waals surface area contributed by atoms with Crippen molar-refractivity contribution < 1.29 is 9.90 Å². The number of unbranched alkanes of at least 4 members (excludes halogenated alkanes) is 1. The molecule has 0 heterocycles. The van der Waals surface area contributed by atoms with Gasteiger partial charge in [0, 0.05) is 12.3 Å². The molecule has 0 aliphatic heterocycles. The predicted octanol–water partition coefficient (Wildman–Crippen LogP) is 4.13. The summed E-state index contributed by atoms with van der Waals surface area (Å²) in [6, 6.07) is 13.3. The molecule has 0 saturated heterocycles.